The first-order chi connectivity index (χ1) is 10.4. The number of tetrazole rings is 1. The molecule has 0 bridgehead atoms. The van der Waals surface area contributed by atoms with Gasteiger partial charge in [-0.05, 0) is 52.8 Å². The Morgan fingerprint density at radius 2 is 2.10 bits per heavy atom. The molecule has 1 saturated carbocycles. The zero-order valence-corrected chi connectivity index (χ0v) is 12.2. The van der Waals surface area contributed by atoms with Crippen molar-refractivity contribution in [2.45, 2.75) is 18.9 Å². The third-order valence-corrected chi connectivity index (χ3v) is 4.71. The summed E-state index contributed by atoms with van der Waals surface area (Å²) in [6, 6.07) is 12.8. The second-order valence-electron chi connectivity index (χ2n) is 5.25. The van der Waals surface area contributed by atoms with Crippen LogP contribution in [0, 0.1) is 5.92 Å². The fourth-order valence-electron chi connectivity index (χ4n) is 2.55. The number of para-hydroxylation sites is 2. The molecule has 1 aliphatic carbocycles. The smallest absolute Gasteiger partial charge is 0.143 e. The van der Waals surface area contributed by atoms with Gasteiger partial charge in [0.15, 0.2) is 0 Å². The summed E-state index contributed by atoms with van der Waals surface area (Å²) in [7, 11) is 0. The van der Waals surface area contributed by atoms with E-state index in [0.29, 0.717) is 6.04 Å². The van der Waals surface area contributed by atoms with Gasteiger partial charge in [-0.3, -0.25) is 0 Å². The summed E-state index contributed by atoms with van der Waals surface area (Å²) in [5.41, 5.74) is 2.04. The molecule has 1 unspecified atom stereocenters. The Balaban J connectivity index is 1.67. The van der Waals surface area contributed by atoms with Crippen molar-refractivity contribution >= 4 is 17.0 Å². The van der Waals surface area contributed by atoms with Crippen LogP contribution in [0.25, 0.3) is 5.69 Å². The van der Waals surface area contributed by atoms with Crippen molar-refractivity contribution in [3.63, 3.8) is 0 Å². The minimum absolute atomic E-state index is 0.377. The van der Waals surface area contributed by atoms with Crippen molar-refractivity contribution in [3.8, 4) is 5.69 Å². The third kappa shape index (κ3) is 2.54. The van der Waals surface area contributed by atoms with E-state index in [9.17, 15) is 0 Å². The summed E-state index contributed by atoms with van der Waals surface area (Å²) in [6.07, 6.45) is 4.21. The molecular weight excluding hydrogens is 282 g/mol. The molecule has 1 atom stereocenters. The van der Waals surface area contributed by atoms with Crippen LogP contribution in [0.1, 0.15) is 23.8 Å². The zero-order chi connectivity index (χ0) is 14.1. The number of benzene rings is 1. The highest BCUT2D eigenvalue weighted by Gasteiger charge is 2.33. The van der Waals surface area contributed by atoms with Gasteiger partial charge in [0.1, 0.15) is 6.33 Å². The molecule has 6 heteroatoms. The summed E-state index contributed by atoms with van der Waals surface area (Å²) in [5, 5.41) is 17.3. The molecule has 106 valence electrons. The maximum atomic E-state index is 4.00. The van der Waals surface area contributed by atoms with Crippen LogP contribution in [0.15, 0.2) is 48.1 Å². The number of nitrogens with one attached hydrogen (secondary N) is 1. The Kier molecular flexibility index (Phi) is 3.16. The van der Waals surface area contributed by atoms with Crippen LogP contribution >= 0.6 is 11.3 Å². The van der Waals surface area contributed by atoms with Gasteiger partial charge >= 0.3 is 0 Å². The number of rotatable bonds is 5. The van der Waals surface area contributed by atoms with Crippen LogP contribution in [-0.2, 0) is 0 Å². The van der Waals surface area contributed by atoms with E-state index < -0.39 is 0 Å². The van der Waals surface area contributed by atoms with Gasteiger partial charge in [0.25, 0.3) is 0 Å². The number of nitrogens with zero attached hydrogens (tertiary/aromatic N) is 4. The minimum Gasteiger partial charge on any atom is -0.375 e. The van der Waals surface area contributed by atoms with E-state index in [1.54, 1.807) is 11.0 Å². The Hall–Kier alpha value is -2.21. The van der Waals surface area contributed by atoms with Crippen LogP contribution in [-0.4, -0.2) is 20.2 Å². The fourth-order valence-corrected chi connectivity index (χ4v) is 3.42. The lowest BCUT2D eigenvalue weighted by molar-refractivity contribution is 0.688. The molecule has 1 N–H and O–H groups in total. The Labute approximate surface area is 126 Å². The second-order valence-corrected chi connectivity index (χ2v) is 6.23. The normalized spacial score (nSPS) is 15.8. The molecule has 5 nitrogen and oxygen atoms in total. The maximum Gasteiger partial charge on any atom is 0.143 e. The molecule has 0 amide bonds. The van der Waals surface area contributed by atoms with Gasteiger partial charge in [-0.25, -0.2) is 0 Å². The lowest BCUT2D eigenvalue weighted by Crippen LogP contribution is -2.13. The minimum atomic E-state index is 0.377. The molecule has 0 saturated heterocycles. The van der Waals surface area contributed by atoms with Crippen molar-refractivity contribution < 1.29 is 0 Å². The number of aromatic nitrogens is 4. The van der Waals surface area contributed by atoms with E-state index in [-0.39, 0.29) is 0 Å². The SMILES string of the molecule is c1csc(C(Nc2ccccc2-n2cnnn2)C2CC2)c1. The van der Waals surface area contributed by atoms with Gasteiger partial charge in [-0.2, -0.15) is 4.68 Å². The first-order valence-electron chi connectivity index (χ1n) is 7.04. The van der Waals surface area contributed by atoms with Crippen LogP contribution in [0.3, 0.4) is 0 Å². The number of hydrogen-bond acceptors (Lipinski definition) is 5. The molecule has 1 fully saturated rings. The number of anilines is 1. The van der Waals surface area contributed by atoms with E-state index in [2.05, 4.69) is 44.4 Å². The molecule has 1 aliphatic rings. The van der Waals surface area contributed by atoms with Crippen molar-refractivity contribution in [2.24, 2.45) is 5.92 Å². The molecular formula is C15H15N5S. The summed E-state index contributed by atoms with van der Waals surface area (Å²) >= 11 is 1.81. The first kappa shape index (κ1) is 12.5. The van der Waals surface area contributed by atoms with E-state index in [0.717, 1.165) is 17.3 Å². The number of thiophene rings is 1. The number of hydrogen-bond donors (Lipinski definition) is 1. The quantitative estimate of drug-likeness (QED) is 0.785. The molecule has 0 aliphatic heterocycles. The molecule has 3 aromatic rings. The molecule has 0 radical (unpaired) electrons. The van der Waals surface area contributed by atoms with E-state index in [4.69, 9.17) is 0 Å². The highest BCUT2D eigenvalue weighted by atomic mass is 32.1. The highest BCUT2D eigenvalue weighted by molar-refractivity contribution is 7.10. The summed E-state index contributed by atoms with van der Waals surface area (Å²) in [5.74, 6) is 0.727. The van der Waals surface area contributed by atoms with Crippen LogP contribution in [0.5, 0.6) is 0 Å². The fraction of sp³-hybridized carbons (Fsp3) is 0.267. The lowest BCUT2D eigenvalue weighted by Gasteiger charge is -2.20. The average molecular weight is 297 g/mol. The zero-order valence-electron chi connectivity index (χ0n) is 11.4. The summed E-state index contributed by atoms with van der Waals surface area (Å²) in [4.78, 5) is 1.39. The molecule has 4 rings (SSSR count). The maximum absolute atomic E-state index is 4.00. The highest BCUT2D eigenvalue weighted by Crippen LogP contribution is 2.44. The van der Waals surface area contributed by atoms with Crippen molar-refractivity contribution in [3.05, 3.63) is 53.0 Å². The largest absolute Gasteiger partial charge is 0.375 e. The molecule has 2 aromatic heterocycles. The molecule has 21 heavy (non-hydrogen) atoms. The predicted molar refractivity (Wildman–Crippen MR) is 82.6 cm³/mol. The van der Waals surface area contributed by atoms with Gasteiger partial charge in [0.05, 0.1) is 17.4 Å². The lowest BCUT2D eigenvalue weighted by atomic mass is 10.1. The first-order valence-corrected chi connectivity index (χ1v) is 7.92. The predicted octanol–water partition coefficient (Wildman–Crippen LogP) is 3.29. The van der Waals surface area contributed by atoms with E-state index in [1.165, 1.54) is 17.7 Å². The second kappa shape index (κ2) is 5.29. The van der Waals surface area contributed by atoms with E-state index >= 15 is 0 Å². The van der Waals surface area contributed by atoms with Crippen LogP contribution in [0.2, 0.25) is 0 Å². The van der Waals surface area contributed by atoms with Crippen molar-refractivity contribution in [1.82, 2.24) is 20.2 Å². The Morgan fingerprint density at radius 1 is 1.19 bits per heavy atom. The molecule has 0 spiro atoms. The van der Waals surface area contributed by atoms with Gasteiger partial charge < -0.3 is 5.32 Å². The van der Waals surface area contributed by atoms with Gasteiger partial charge in [-0.1, -0.05) is 18.2 Å². The van der Waals surface area contributed by atoms with Gasteiger partial charge in [0, 0.05) is 4.88 Å². The molecule has 1 aromatic carbocycles. The summed E-state index contributed by atoms with van der Waals surface area (Å²) < 4.78 is 1.70. The van der Waals surface area contributed by atoms with E-state index in [1.807, 2.05) is 29.5 Å². The van der Waals surface area contributed by atoms with Gasteiger partial charge in [0.2, 0.25) is 0 Å². The standard InChI is InChI=1S/C15H15N5S/c1-2-5-13(20-10-16-18-19-20)12(4-1)17-15(11-7-8-11)14-6-3-9-21-14/h1-6,9-11,15,17H,7-8H2. The topological polar surface area (TPSA) is 55.6 Å². The van der Waals surface area contributed by atoms with Crippen molar-refractivity contribution in [1.29, 1.82) is 0 Å². The van der Waals surface area contributed by atoms with Gasteiger partial charge in [-0.15, -0.1) is 16.4 Å². The monoisotopic (exact) mass is 297 g/mol. The Bertz CT molecular complexity index is 704. The van der Waals surface area contributed by atoms with Crippen LogP contribution < -0.4 is 5.32 Å². The summed E-state index contributed by atoms with van der Waals surface area (Å²) in [6.45, 7) is 0. The van der Waals surface area contributed by atoms with Crippen LogP contribution in [0.4, 0.5) is 5.69 Å². The third-order valence-electron chi connectivity index (χ3n) is 3.75. The average Bonchev–Trinajstić information content (AvgIpc) is 3.01. The molecule has 2 heterocycles. The Morgan fingerprint density at radius 3 is 2.81 bits per heavy atom. The van der Waals surface area contributed by atoms with Crippen molar-refractivity contribution in [2.75, 3.05) is 5.32 Å².